The van der Waals surface area contributed by atoms with Crippen molar-refractivity contribution in [2.45, 2.75) is 6.61 Å². The maximum absolute atomic E-state index is 15.2. The van der Waals surface area contributed by atoms with Gasteiger partial charge in [-0.3, -0.25) is 14.3 Å². The van der Waals surface area contributed by atoms with Crippen molar-refractivity contribution >= 4 is 11.6 Å². The Balaban J connectivity index is 1.83. The molecule has 4 aromatic rings. The standard InChI is InChI=1S/C26H22F4N4O6/c1-33-23(21-18(27)11-17(38-2)12-19(21)28)22(32-24(36)14-3-5-15(6-4-14)40-26(29)30)25(37)34(33)20-8-7-16(13-31-20)39-10-9-35/h3-8,11-13,26,35H,9-10H2,1-2H3,(H,32,36). The molecule has 1 amide bonds. The number of pyridine rings is 1. The predicted octanol–water partition coefficient (Wildman–Crippen LogP) is 3.75. The molecule has 0 spiro atoms. The molecule has 2 N–H and O–H groups in total. The van der Waals surface area contributed by atoms with Gasteiger partial charge in [-0.05, 0) is 36.4 Å². The molecular weight excluding hydrogens is 540 g/mol. The zero-order chi connectivity index (χ0) is 29.0. The van der Waals surface area contributed by atoms with Crippen LogP contribution in [0.25, 0.3) is 17.1 Å². The summed E-state index contributed by atoms with van der Waals surface area (Å²) in [4.78, 5) is 30.8. The number of benzene rings is 2. The number of halogens is 4. The highest BCUT2D eigenvalue weighted by molar-refractivity contribution is 6.06. The lowest BCUT2D eigenvalue weighted by Crippen LogP contribution is -2.23. The SMILES string of the molecule is COc1cc(F)c(-c2c(NC(=O)c3ccc(OC(F)F)cc3)c(=O)n(-c3ccc(OCCO)cn3)n2C)c(F)c1. The van der Waals surface area contributed by atoms with E-state index in [0.717, 1.165) is 33.6 Å². The number of nitrogens with zero attached hydrogens (tertiary/aromatic N) is 3. The number of amides is 1. The summed E-state index contributed by atoms with van der Waals surface area (Å²) in [6, 6.07) is 9.29. The minimum absolute atomic E-state index is 0.0106. The van der Waals surface area contributed by atoms with Crippen molar-refractivity contribution in [3.8, 4) is 34.3 Å². The number of anilines is 1. The van der Waals surface area contributed by atoms with Crippen LogP contribution in [0.3, 0.4) is 0 Å². The quantitative estimate of drug-likeness (QED) is 0.283. The van der Waals surface area contributed by atoms with Gasteiger partial charge in [-0.1, -0.05) is 0 Å². The normalized spacial score (nSPS) is 11.0. The van der Waals surface area contributed by atoms with Gasteiger partial charge in [0.25, 0.3) is 11.5 Å². The van der Waals surface area contributed by atoms with Crippen molar-refractivity contribution in [1.82, 2.24) is 14.3 Å². The third-order valence-corrected chi connectivity index (χ3v) is 5.63. The van der Waals surface area contributed by atoms with E-state index in [1.165, 1.54) is 44.6 Å². The van der Waals surface area contributed by atoms with Gasteiger partial charge >= 0.3 is 6.61 Å². The van der Waals surface area contributed by atoms with Gasteiger partial charge in [0.1, 0.15) is 46.9 Å². The lowest BCUT2D eigenvalue weighted by molar-refractivity contribution is -0.0498. The van der Waals surface area contributed by atoms with Gasteiger partial charge in [-0.25, -0.2) is 13.8 Å². The fourth-order valence-corrected chi connectivity index (χ4v) is 3.88. The monoisotopic (exact) mass is 562 g/mol. The average molecular weight is 562 g/mol. The predicted molar refractivity (Wildman–Crippen MR) is 134 cm³/mol. The van der Waals surface area contributed by atoms with E-state index in [-0.39, 0.29) is 41.8 Å². The molecule has 0 fully saturated rings. The second-order valence-electron chi connectivity index (χ2n) is 8.11. The number of methoxy groups -OCH3 is 1. The van der Waals surface area contributed by atoms with Gasteiger partial charge in [-0.2, -0.15) is 13.5 Å². The van der Waals surface area contributed by atoms with Gasteiger partial charge in [0, 0.05) is 24.7 Å². The highest BCUT2D eigenvalue weighted by Gasteiger charge is 2.28. The van der Waals surface area contributed by atoms with E-state index in [1.54, 1.807) is 0 Å². The Morgan fingerprint density at radius 3 is 2.25 bits per heavy atom. The lowest BCUT2D eigenvalue weighted by Gasteiger charge is -2.13. The summed E-state index contributed by atoms with van der Waals surface area (Å²) in [5, 5.41) is 11.3. The fraction of sp³-hybridized carbons (Fsp3) is 0.192. The Hall–Kier alpha value is -4.85. The number of hydrogen-bond donors (Lipinski definition) is 2. The molecule has 4 rings (SSSR count). The molecule has 0 saturated heterocycles. The molecule has 0 atom stereocenters. The number of nitrogens with one attached hydrogen (secondary N) is 1. The molecule has 40 heavy (non-hydrogen) atoms. The number of aromatic nitrogens is 3. The summed E-state index contributed by atoms with van der Waals surface area (Å²) in [7, 11) is 2.56. The van der Waals surface area contributed by atoms with Crippen molar-refractivity contribution in [3.63, 3.8) is 0 Å². The topological polar surface area (TPSA) is 117 Å². The van der Waals surface area contributed by atoms with Crippen LogP contribution in [0.4, 0.5) is 23.2 Å². The molecule has 10 nitrogen and oxygen atoms in total. The molecule has 0 unspecified atom stereocenters. The van der Waals surface area contributed by atoms with Crippen molar-refractivity contribution in [2.24, 2.45) is 7.05 Å². The van der Waals surface area contributed by atoms with E-state index >= 15 is 8.78 Å². The summed E-state index contributed by atoms with van der Waals surface area (Å²) in [6.45, 7) is -3.29. The van der Waals surface area contributed by atoms with E-state index in [2.05, 4.69) is 15.0 Å². The molecule has 0 aliphatic heterocycles. The van der Waals surface area contributed by atoms with Gasteiger partial charge in [0.2, 0.25) is 0 Å². The summed E-state index contributed by atoms with van der Waals surface area (Å²) in [5.41, 5.74) is -2.36. The number of carbonyl (C=O) groups excluding carboxylic acids is 1. The van der Waals surface area contributed by atoms with E-state index in [1.807, 2.05) is 0 Å². The molecule has 210 valence electrons. The van der Waals surface area contributed by atoms with Gasteiger partial charge in [0.15, 0.2) is 5.82 Å². The van der Waals surface area contributed by atoms with Crippen LogP contribution in [0.15, 0.2) is 59.5 Å². The maximum Gasteiger partial charge on any atom is 0.387 e. The summed E-state index contributed by atoms with van der Waals surface area (Å²) in [6.07, 6.45) is 1.28. The average Bonchev–Trinajstić information content (AvgIpc) is 3.16. The smallest absolute Gasteiger partial charge is 0.387 e. The minimum Gasteiger partial charge on any atom is -0.497 e. The second kappa shape index (κ2) is 11.9. The Morgan fingerprint density at radius 1 is 1.05 bits per heavy atom. The molecule has 14 heteroatoms. The molecular formula is C26H22F4N4O6. The molecule has 0 aliphatic rings. The van der Waals surface area contributed by atoms with Crippen LogP contribution in [0, 0.1) is 11.6 Å². The first-order valence-corrected chi connectivity index (χ1v) is 11.6. The molecule has 2 aromatic carbocycles. The van der Waals surface area contributed by atoms with Gasteiger partial charge in [-0.15, -0.1) is 0 Å². The minimum atomic E-state index is -3.07. The number of aliphatic hydroxyl groups is 1. The maximum atomic E-state index is 15.2. The zero-order valence-corrected chi connectivity index (χ0v) is 21.0. The number of aliphatic hydroxyl groups excluding tert-OH is 1. The van der Waals surface area contributed by atoms with Crippen molar-refractivity contribution in [2.75, 3.05) is 25.6 Å². The fourth-order valence-electron chi connectivity index (χ4n) is 3.88. The van der Waals surface area contributed by atoms with Crippen molar-refractivity contribution in [3.05, 3.63) is 82.3 Å². The first-order chi connectivity index (χ1) is 19.1. The third kappa shape index (κ3) is 5.76. The van der Waals surface area contributed by atoms with Crippen LogP contribution in [0.2, 0.25) is 0 Å². The Morgan fingerprint density at radius 2 is 1.70 bits per heavy atom. The van der Waals surface area contributed by atoms with E-state index in [0.29, 0.717) is 5.75 Å². The molecule has 2 aromatic heterocycles. The van der Waals surface area contributed by atoms with Crippen LogP contribution in [-0.2, 0) is 7.05 Å². The third-order valence-electron chi connectivity index (χ3n) is 5.63. The van der Waals surface area contributed by atoms with E-state index in [9.17, 15) is 18.4 Å². The summed E-state index contributed by atoms with van der Waals surface area (Å²) >= 11 is 0. The Bertz CT molecular complexity index is 1550. The van der Waals surface area contributed by atoms with Gasteiger partial charge < -0.3 is 24.6 Å². The van der Waals surface area contributed by atoms with Crippen LogP contribution in [0.1, 0.15) is 10.4 Å². The largest absolute Gasteiger partial charge is 0.497 e. The molecule has 0 bridgehead atoms. The number of rotatable bonds is 10. The highest BCUT2D eigenvalue weighted by Crippen LogP contribution is 2.34. The molecule has 2 heterocycles. The highest BCUT2D eigenvalue weighted by atomic mass is 19.3. The zero-order valence-electron chi connectivity index (χ0n) is 21.0. The number of ether oxygens (including phenoxy) is 3. The van der Waals surface area contributed by atoms with Gasteiger partial charge in [0.05, 0.1) is 25.5 Å². The van der Waals surface area contributed by atoms with Crippen LogP contribution >= 0.6 is 0 Å². The summed E-state index contributed by atoms with van der Waals surface area (Å²) < 4.78 is 71.8. The van der Waals surface area contributed by atoms with Crippen molar-refractivity contribution in [1.29, 1.82) is 0 Å². The van der Waals surface area contributed by atoms with E-state index < -0.39 is 41.0 Å². The summed E-state index contributed by atoms with van der Waals surface area (Å²) in [5.74, 6) is -3.01. The number of carbonyl (C=O) groups is 1. The molecule has 0 saturated carbocycles. The number of alkyl halides is 2. The van der Waals surface area contributed by atoms with Crippen LogP contribution in [-0.4, -0.2) is 52.3 Å². The number of hydrogen-bond acceptors (Lipinski definition) is 7. The van der Waals surface area contributed by atoms with Crippen LogP contribution in [0.5, 0.6) is 17.2 Å². The molecule has 0 aliphatic carbocycles. The Labute approximate surface area is 223 Å². The van der Waals surface area contributed by atoms with Crippen LogP contribution < -0.4 is 25.1 Å². The lowest BCUT2D eigenvalue weighted by atomic mass is 10.1. The second-order valence-corrected chi connectivity index (χ2v) is 8.11. The Kier molecular flexibility index (Phi) is 8.38. The van der Waals surface area contributed by atoms with Crippen molar-refractivity contribution < 1.29 is 41.7 Å². The van der Waals surface area contributed by atoms with E-state index in [4.69, 9.17) is 14.6 Å². The molecule has 0 radical (unpaired) electrons. The first kappa shape index (κ1) is 28.2. The first-order valence-electron chi connectivity index (χ1n) is 11.6.